The molecule has 0 radical (unpaired) electrons. The Morgan fingerprint density at radius 2 is 2.00 bits per heavy atom. The third-order valence-corrected chi connectivity index (χ3v) is 4.06. The first-order chi connectivity index (χ1) is 9.56. The van der Waals surface area contributed by atoms with Crippen LogP contribution in [0, 0.1) is 11.6 Å². The first-order valence-electron chi connectivity index (χ1n) is 5.61. The monoisotopic (exact) mass is 311 g/mol. The summed E-state index contributed by atoms with van der Waals surface area (Å²) >= 11 is 7.21. The lowest BCUT2D eigenvalue weighted by Crippen LogP contribution is -1.92. The zero-order valence-electron chi connectivity index (χ0n) is 9.95. The molecule has 0 amide bonds. The van der Waals surface area contributed by atoms with Crippen molar-refractivity contribution < 1.29 is 8.78 Å². The van der Waals surface area contributed by atoms with Crippen LogP contribution in [0.3, 0.4) is 0 Å². The van der Waals surface area contributed by atoms with Gasteiger partial charge in [0.25, 0.3) is 0 Å². The van der Waals surface area contributed by atoms with Gasteiger partial charge in [0.2, 0.25) is 0 Å². The predicted octanol–water partition coefficient (Wildman–Crippen LogP) is 4.32. The molecule has 2 aromatic heterocycles. The molecule has 0 aliphatic rings. The number of hydrogen-bond acceptors (Lipinski definition) is 3. The predicted molar refractivity (Wildman–Crippen MR) is 76.7 cm³/mol. The second-order valence-electron chi connectivity index (χ2n) is 4.09. The van der Waals surface area contributed by atoms with Crippen LogP contribution in [-0.2, 0) is 0 Å². The quantitative estimate of drug-likeness (QED) is 0.740. The third-order valence-electron chi connectivity index (χ3n) is 2.81. The van der Waals surface area contributed by atoms with Gasteiger partial charge in [-0.2, -0.15) is 5.10 Å². The largest absolute Gasteiger partial charge is 0.382 e. The van der Waals surface area contributed by atoms with Crippen LogP contribution >= 0.6 is 22.9 Å². The Hall–Kier alpha value is -1.92. The van der Waals surface area contributed by atoms with Gasteiger partial charge in [-0.15, -0.1) is 11.3 Å². The molecule has 0 aliphatic heterocycles. The van der Waals surface area contributed by atoms with E-state index in [1.807, 2.05) is 0 Å². The highest BCUT2D eigenvalue weighted by molar-refractivity contribution is 7.19. The van der Waals surface area contributed by atoms with E-state index in [4.69, 9.17) is 17.3 Å². The first kappa shape index (κ1) is 13.1. The molecule has 0 saturated carbocycles. The Kier molecular flexibility index (Phi) is 3.19. The number of anilines is 1. The minimum Gasteiger partial charge on any atom is -0.382 e. The lowest BCUT2D eigenvalue weighted by molar-refractivity contribution is 0.585. The van der Waals surface area contributed by atoms with Gasteiger partial charge in [-0.1, -0.05) is 11.6 Å². The van der Waals surface area contributed by atoms with Crippen LogP contribution in [0.2, 0.25) is 4.34 Å². The van der Waals surface area contributed by atoms with Crippen LogP contribution in [0.15, 0.2) is 30.3 Å². The molecule has 0 atom stereocenters. The van der Waals surface area contributed by atoms with Crippen molar-refractivity contribution in [2.24, 2.45) is 0 Å². The maximum Gasteiger partial charge on any atom is 0.153 e. The van der Waals surface area contributed by atoms with Crippen molar-refractivity contribution >= 4 is 28.8 Å². The molecule has 7 heteroatoms. The van der Waals surface area contributed by atoms with E-state index in [1.165, 1.54) is 23.5 Å². The molecule has 3 rings (SSSR count). The van der Waals surface area contributed by atoms with Crippen molar-refractivity contribution in [3.8, 4) is 21.7 Å². The van der Waals surface area contributed by atoms with Crippen LogP contribution in [0.25, 0.3) is 21.7 Å². The van der Waals surface area contributed by atoms with Crippen LogP contribution in [0.1, 0.15) is 0 Å². The average molecular weight is 312 g/mol. The summed E-state index contributed by atoms with van der Waals surface area (Å²) < 4.78 is 27.5. The number of nitrogens with one attached hydrogen (secondary N) is 1. The molecule has 3 aromatic rings. The van der Waals surface area contributed by atoms with Crippen molar-refractivity contribution in [2.45, 2.75) is 0 Å². The number of nitrogens with zero attached hydrogens (tertiary/aromatic N) is 1. The van der Waals surface area contributed by atoms with Crippen LogP contribution in [-0.4, -0.2) is 10.2 Å². The van der Waals surface area contributed by atoms with Crippen molar-refractivity contribution in [2.75, 3.05) is 5.73 Å². The standard InChI is InChI=1S/C13H8ClF2N3S/c14-10-4-3-9(20-10)12-11(13(17)19-18-12)7-2-1-6(15)5-8(7)16/h1-5H,(H3,17,18,19). The maximum absolute atomic E-state index is 13.9. The molecule has 0 saturated heterocycles. The van der Waals surface area contributed by atoms with Crippen molar-refractivity contribution in [3.05, 3.63) is 46.3 Å². The number of hydrogen-bond donors (Lipinski definition) is 2. The fourth-order valence-electron chi connectivity index (χ4n) is 1.95. The van der Waals surface area contributed by atoms with Gasteiger partial charge in [-0.3, -0.25) is 5.10 Å². The molecule has 102 valence electrons. The fraction of sp³-hybridized carbons (Fsp3) is 0. The highest BCUT2D eigenvalue weighted by Crippen LogP contribution is 2.39. The minimum atomic E-state index is -0.693. The van der Waals surface area contributed by atoms with E-state index in [9.17, 15) is 8.78 Å². The number of aromatic amines is 1. The zero-order chi connectivity index (χ0) is 14.3. The van der Waals surface area contributed by atoms with Gasteiger partial charge in [0.15, 0.2) is 5.82 Å². The van der Waals surface area contributed by atoms with Gasteiger partial charge < -0.3 is 5.73 Å². The lowest BCUT2D eigenvalue weighted by Gasteiger charge is -2.04. The van der Waals surface area contributed by atoms with E-state index in [1.54, 1.807) is 12.1 Å². The number of thiophene rings is 1. The van der Waals surface area contributed by atoms with Crippen molar-refractivity contribution in [1.29, 1.82) is 0 Å². The van der Waals surface area contributed by atoms with Gasteiger partial charge in [-0.05, 0) is 24.3 Å². The summed E-state index contributed by atoms with van der Waals surface area (Å²) in [6.07, 6.45) is 0. The summed E-state index contributed by atoms with van der Waals surface area (Å²) in [4.78, 5) is 0.776. The first-order valence-corrected chi connectivity index (χ1v) is 6.80. The van der Waals surface area contributed by atoms with E-state index < -0.39 is 11.6 Å². The molecule has 20 heavy (non-hydrogen) atoms. The number of nitrogens with two attached hydrogens (primary N) is 1. The fourth-order valence-corrected chi connectivity index (χ4v) is 2.99. The van der Waals surface area contributed by atoms with Gasteiger partial charge >= 0.3 is 0 Å². The molecular weight excluding hydrogens is 304 g/mol. The molecule has 0 fully saturated rings. The van der Waals surface area contributed by atoms with Gasteiger partial charge in [0.1, 0.15) is 11.6 Å². The molecule has 0 bridgehead atoms. The van der Waals surface area contributed by atoms with E-state index in [-0.39, 0.29) is 11.4 Å². The number of H-pyrrole nitrogens is 1. The molecular formula is C13H8ClF2N3S. The van der Waals surface area contributed by atoms with Crippen molar-refractivity contribution in [1.82, 2.24) is 10.2 Å². The number of rotatable bonds is 2. The average Bonchev–Trinajstić information content (AvgIpc) is 2.96. The molecule has 0 aliphatic carbocycles. The Bertz CT molecular complexity index is 782. The van der Waals surface area contributed by atoms with Crippen LogP contribution in [0.5, 0.6) is 0 Å². The van der Waals surface area contributed by atoms with Crippen LogP contribution < -0.4 is 5.73 Å². The molecule has 1 aromatic carbocycles. The Morgan fingerprint density at radius 3 is 2.65 bits per heavy atom. The summed E-state index contributed by atoms with van der Waals surface area (Å²) in [7, 11) is 0. The SMILES string of the molecule is Nc1n[nH]c(-c2ccc(Cl)s2)c1-c1ccc(F)cc1F. The van der Waals surface area contributed by atoms with Crippen LogP contribution in [0.4, 0.5) is 14.6 Å². The van der Waals surface area contributed by atoms with E-state index in [0.717, 1.165) is 10.9 Å². The highest BCUT2D eigenvalue weighted by atomic mass is 35.5. The zero-order valence-corrected chi connectivity index (χ0v) is 11.5. The number of nitrogen functional groups attached to an aromatic ring is 1. The molecule has 0 spiro atoms. The second-order valence-corrected chi connectivity index (χ2v) is 5.80. The molecule has 3 N–H and O–H groups in total. The normalized spacial score (nSPS) is 10.9. The summed E-state index contributed by atoms with van der Waals surface area (Å²) in [6.45, 7) is 0. The van der Waals surface area contributed by atoms with E-state index in [2.05, 4.69) is 10.2 Å². The summed E-state index contributed by atoms with van der Waals surface area (Å²) in [6, 6.07) is 6.84. The second kappa shape index (κ2) is 4.88. The molecule has 0 unspecified atom stereocenters. The Balaban J connectivity index is 2.21. The van der Waals surface area contributed by atoms with Gasteiger partial charge in [-0.25, -0.2) is 8.78 Å². The molecule has 3 nitrogen and oxygen atoms in total. The number of aromatic nitrogens is 2. The lowest BCUT2D eigenvalue weighted by atomic mass is 10.0. The molecule has 2 heterocycles. The van der Waals surface area contributed by atoms with Gasteiger partial charge in [0.05, 0.1) is 20.5 Å². The highest BCUT2D eigenvalue weighted by Gasteiger charge is 2.19. The minimum absolute atomic E-state index is 0.148. The smallest absolute Gasteiger partial charge is 0.153 e. The summed E-state index contributed by atoms with van der Waals surface area (Å²) in [5.74, 6) is -1.19. The number of benzene rings is 1. The van der Waals surface area contributed by atoms with E-state index >= 15 is 0 Å². The topological polar surface area (TPSA) is 54.7 Å². The Morgan fingerprint density at radius 1 is 1.20 bits per heavy atom. The number of halogens is 3. The summed E-state index contributed by atoms with van der Waals surface area (Å²) in [5, 5.41) is 6.66. The van der Waals surface area contributed by atoms with Crippen molar-refractivity contribution in [3.63, 3.8) is 0 Å². The third kappa shape index (κ3) is 2.17. The Labute approximate surface area is 122 Å². The maximum atomic E-state index is 13.9. The summed E-state index contributed by atoms with van der Waals surface area (Å²) in [5.41, 5.74) is 6.95. The van der Waals surface area contributed by atoms with Gasteiger partial charge in [0, 0.05) is 11.6 Å². The van der Waals surface area contributed by atoms with E-state index in [0.29, 0.717) is 15.6 Å².